The van der Waals surface area contributed by atoms with Crippen LogP contribution >= 0.6 is 0 Å². The van der Waals surface area contributed by atoms with Crippen molar-refractivity contribution in [2.45, 2.75) is 38.0 Å². The molecule has 5 heteroatoms. The van der Waals surface area contributed by atoms with Crippen molar-refractivity contribution in [3.63, 3.8) is 0 Å². The zero-order valence-electron chi connectivity index (χ0n) is 9.87. The molecule has 0 bridgehead atoms. The molecule has 0 heterocycles. The highest BCUT2D eigenvalue weighted by molar-refractivity contribution is 5.56. The van der Waals surface area contributed by atoms with Crippen molar-refractivity contribution in [1.82, 2.24) is 0 Å². The normalized spacial score (nSPS) is 19.1. The molecule has 1 aliphatic carbocycles. The van der Waals surface area contributed by atoms with Crippen LogP contribution < -0.4 is 5.73 Å². The van der Waals surface area contributed by atoms with E-state index >= 15 is 0 Å². The second-order valence-corrected chi connectivity index (χ2v) is 4.80. The second kappa shape index (κ2) is 4.80. The fourth-order valence-electron chi connectivity index (χ4n) is 2.62. The van der Waals surface area contributed by atoms with Crippen LogP contribution in [0, 0.1) is 5.92 Å². The lowest BCUT2D eigenvalue weighted by Gasteiger charge is -2.21. The van der Waals surface area contributed by atoms with E-state index in [-0.39, 0.29) is 17.2 Å². The van der Waals surface area contributed by atoms with Crippen LogP contribution in [0.25, 0.3) is 0 Å². The molecule has 1 aliphatic rings. The van der Waals surface area contributed by atoms with Gasteiger partial charge < -0.3 is 10.8 Å². The lowest BCUT2D eigenvalue weighted by molar-refractivity contribution is -0.137. The molecule has 2 rings (SSSR count). The first-order valence-electron chi connectivity index (χ1n) is 6.05. The molecular formula is C13H16F3NO. The van der Waals surface area contributed by atoms with Crippen molar-refractivity contribution >= 4 is 5.69 Å². The number of anilines is 1. The Hall–Kier alpha value is -1.23. The zero-order chi connectivity index (χ0) is 13.3. The number of aliphatic hydroxyl groups excluding tert-OH is 1. The minimum Gasteiger partial charge on any atom is -0.398 e. The SMILES string of the molecule is Nc1c(C(O)C2CCCC2)cccc1C(F)(F)F. The largest absolute Gasteiger partial charge is 0.418 e. The Balaban J connectivity index is 2.33. The summed E-state index contributed by atoms with van der Waals surface area (Å²) in [7, 11) is 0. The Labute approximate surface area is 104 Å². The van der Waals surface area contributed by atoms with Crippen molar-refractivity contribution in [3.05, 3.63) is 29.3 Å². The van der Waals surface area contributed by atoms with Gasteiger partial charge in [-0.1, -0.05) is 25.0 Å². The number of alkyl halides is 3. The van der Waals surface area contributed by atoms with Gasteiger partial charge in [-0.3, -0.25) is 0 Å². The Bertz CT molecular complexity index is 425. The van der Waals surface area contributed by atoms with Gasteiger partial charge in [0.1, 0.15) is 0 Å². The maximum atomic E-state index is 12.7. The first-order valence-corrected chi connectivity index (χ1v) is 6.05. The van der Waals surface area contributed by atoms with Gasteiger partial charge in [0.25, 0.3) is 0 Å². The van der Waals surface area contributed by atoms with Crippen LogP contribution in [0.4, 0.5) is 18.9 Å². The van der Waals surface area contributed by atoms with E-state index in [0.29, 0.717) is 0 Å². The molecule has 0 amide bonds. The summed E-state index contributed by atoms with van der Waals surface area (Å²) in [6.07, 6.45) is -1.65. The third kappa shape index (κ3) is 2.46. The van der Waals surface area contributed by atoms with E-state index < -0.39 is 17.8 Å². The van der Waals surface area contributed by atoms with Crippen LogP contribution in [0.1, 0.15) is 42.9 Å². The Morgan fingerprint density at radius 3 is 2.39 bits per heavy atom. The summed E-state index contributed by atoms with van der Waals surface area (Å²) < 4.78 is 38.1. The van der Waals surface area contributed by atoms with Gasteiger partial charge in [0.2, 0.25) is 0 Å². The van der Waals surface area contributed by atoms with Crippen LogP contribution in [0.5, 0.6) is 0 Å². The average molecular weight is 259 g/mol. The fraction of sp³-hybridized carbons (Fsp3) is 0.538. The van der Waals surface area contributed by atoms with Crippen LogP contribution in [0.15, 0.2) is 18.2 Å². The number of nitrogens with two attached hydrogens (primary N) is 1. The first-order chi connectivity index (χ1) is 8.41. The Morgan fingerprint density at radius 2 is 1.83 bits per heavy atom. The maximum absolute atomic E-state index is 12.7. The van der Waals surface area contributed by atoms with E-state index in [9.17, 15) is 18.3 Å². The number of para-hydroxylation sites is 1. The van der Waals surface area contributed by atoms with Gasteiger partial charge in [0, 0.05) is 11.3 Å². The lowest BCUT2D eigenvalue weighted by Crippen LogP contribution is -2.15. The molecule has 1 fully saturated rings. The molecule has 0 radical (unpaired) electrons. The smallest absolute Gasteiger partial charge is 0.398 e. The standard InChI is InChI=1S/C13H16F3NO/c14-13(15,16)10-7-3-6-9(11(10)17)12(18)8-4-1-2-5-8/h3,6-8,12,18H,1-2,4-5,17H2. The summed E-state index contributed by atoms with van der Waals surface area (Å²) in [4.78, 5) is 0. The summed E-state index contributed by atoms with van der Waals surface area (Å²) in [5.41, 5.74) is 4.56. The van der Waals surface area contributed by atoms with Crippen molar-refractivity contribution in [2.24, 2.45) is 5.92 Å². The summed E-state index contributed by atoms with van der Waals surface area (Å²) in [6, 6.07) is 3.72. The highest BCUT2D eigenvalue weighted by Crippen LogP contribution is 2.41. The molecular weight excluding hydrogens is 243 g/mol. The molecule has 1 atom stereocenters. The summed E-state index contributed by atoms with van der Waals surface area (Å²) in [5.74, 6) is 0.0239. The van der Waals surface area contributed by atoms with Crippen molar-refractivity contribution in [1.29, 1.82) is 0 Å². The number of hydrogen-bond donors (Lipinski definition) is 2. The number of hydrogen-bond acceptors (Lipinski definition) is 2. The lowest BCUT2D eigenvalue weighted by atomic mass is 9.92. The van der Waals surface area contributed by atoms with Crippen molar-refractivity contribution in [2.75, 3.05) is 5.73 Å². The third-order valence-corrected chi connectivity index (χ3v) is 3.61. The third-order valence-electron chi connectivity index (χ3n) is 3.61. The number of rotatable bonds is 2. The average Bonchev–Trinajstić information content (AvgIpc) is 2.80. The van der Waals surface area contributed by atoms with E-state index in [1.807, 2.05) is 0 Å². The molecule has 2 nitrogen and oxygen atoms in total. The minimum atomic E-state index is -4.48. The minimum absolute atomic E-state index is 0.0239. The van der Waals surface area contributed by atoms with Gasteiger partial charge in [0.05, 0.1) is 11.7 Å². The van der Waals surface area contributed by atoms with E-state index in [2.05, 4.69) is 0 Å². The van der Waals surface area contributed by atoms with Crippen LogP contribution in [0.3, 0.4) is 0 Å². The number of aliphatic hydroxyl groups is 1. The van der Waals surface area contributed by atoms with Crippen LogP contribution in [-0.4, -0.2) is 5.11 Å². The van der Waals surface area contributed by atoms with Gasteiger partial charge in [-0.25, -0.2) is 0 Å². The number of benzene rings is 1. The van der Waals surface area contributed by atoms with Crippen LogP contribution in [0.2, 0.25) is 0 Å². The molecule has 0 aliphatic heterocycles. The molecule has 1 saturated carbocycles. The topological polar surface area (TPSA) is 46.2 Å². The fourth-order valence-corrected chi connectivity index (χ4v) is 2.62. The van der Waals surface area contributed by atoms with Crippen LogP contribution in [-0.2, 0) is 6.18 Å². The second-order valence-electron chi connectivity index (χ2n) is 4.80. The molecule has 1 aromatic carbocycles. The van der Waals surface area contributed by atoms with Gasteiger partial charge >= 0.3 is 6.18 Å². The molecule has 18 heavy (non-hydrogen) atoms. The highest BCUT2D eigenvalue weighted by Gasteiger charge is 2.35. The summed E-state index contributed by atoms with van der Waals surface area (Å²) in [5, 5.41) is 10.1. The van der Waals surface area contributed by atoms with Gasteiger partial charge in [-0.05, 0) is 24.8 Å². The maximum Gasteiger partial charge on any atom is 0.418 e. The molecule has 0 spiro atoms. The van der Waals surface area contributed by atoms with E-state index in [1.54, 1.807) is 0 Å². The first kappa shape index (κ1) is 13.2. The van der Waals surface area contributed by atoms with Crippen molar-refractivity contribution < 1.29 is 18.3 Å². The van der Waals surface area contributed by atoms with Crippen molar-refractivity contribution in [3.8, 4) is 0 Å². The summed E-state index contributed by atoms with van der Waals surface area (Å²) in [6.45, 7) is 0. The van der Waals surface area contributed by atoms with E-state index in [4.69, 9.17) is 5.73 Å². The molecule has 1 aromatic rings. The van der Waals surface area contributed by atoms with E-state index in [0.717, 1.165) is 31.7 Å². The monoisotopic (exact) mass is 259 g/mol. The van der Waals surface area contributed by atoms with Gasteiger partial charge in [-0.15, -0.1) is 0 Å². The Morgan fingerprint density at radius 1 is 1.22 bits per heavy atom. The zero-order valence-corrected chi connectivity index (χ0v) is 9.87. The quantitative estimate of drug-likeness (QED) is 0.798. The number of nitrogen functional groups attached to an aromatic ring is 1. The Kier molecular flexibility index (Phi) is 3.52. The highest BCUT2D eigenvalue weighted by atomic mass is 19.4. The molecule has 1 unspecified atom stereocenters. The van der Waals surface area contributed by atoms with E-state index in [1.165, 1.54) is 12.1 Å². The van der Waals surface area contributed by atoms with Gasteiger partial charge in [0.15, 0.2) is 0 Å². The predicted octanol–water partition coefficient (Wildman–Crippen LogP) is 3.51. The predicted molar refractivity (Wildman–Crippen MR) is 62.8 cm³/mol. The molecule has 0 aromatic heterocycles. The molecule has 0 saturated heterocycles. The summed E-state index contributed by atoms with van der Waals surface area (Å²) >= 11 is 0. The number of halogens is 3. The molecule has 100 valence electrons. The van der Waals surface area contributed by atoms with Gasteiger partial charge in [-0.2, -0.15) is 13.2 Å². The molecule has 3 N–H and O–H groups in total.